The summed E-state index contributed by atoms with van der Waals surface area (Å²) in [5.74, 6) is -0.199. The van der Waals surface area contributed by atoms with E-state index < -0.39 is 6.04 Å². The molecule has 1 amide bonds. The van der Waals surface area contributed by atoms with Crippen LogP contribution in [0.25, 0.3) is 0 Å². The molecule has 0 saturated heterocycles. The van der Waals surface area contributed by atoms with Gasteiger partial charge in [0.25, 0.3) is 6.47 Å². The molecular formula is C16H18N2O3. The number of carboxylic acid groups (broad SMARTS) is 1. The quantitative estimate of drug-likeness (QED) is 0.755. The molecule has 110 valence electrons. The van der Waals surface area contributed by atoms with Crippen LogP contribution in [0, 0.1) is 6.92 Å². The SMILES string of the molecule is Cc1ccccc1NC(=O)[C@H](N)c1ccccc1.O=CO. The van der Waals surface area contributed by atoms with Gasteiger partial charge in [-0.15, -0.1) is 0 Å². The fourth-order valence-corrected chi connectivity index (χ4v) is 1.74. The monoisotopic (exact) mass is 286 g/mol. The van der Waals surface area contributed by atoms with Gasteiger partial charge >= 0.3 is 0 Å². The third kappa shape index (κ3) is 5.08. The average Bonchev–Trinajstić information content (AvgIpc) is 2.50. The van der Waals surface area contributed by atoms with Crippen LogP contribution in [0.15, 0.2) is 54.6 Å². The first-order chi connectivity index (χ1) is 10.1. The lowest BCUT2D eigenvalue weighted by Gasteiger charge is -2.13. The second-order valence-electron chi connectivity index (χ2n) is 4.30. The largest absolute Gasteiger partial charge is 0.483 e. The van der Waals surface area contributed by atoms with Crippen molar-refractivity contribution >= 4 is 18.1 Å². The molecule has 1 atom stereocenters. The lowest BCUT2D eigenvalue weighted by atomic mass is 10.1. The summed E-state index contributed by atoms with van der Waals surface area (Å²) in [6, 6.07) is 16.3. The molecule has 2 rings (SSSR count). The topological polar surface area (TPSA) is 92.4 Å². The Kier molecular flexibility index (Phi) is 6.63. The van der Waals surface area contributed by atoms with Crippen molar-refractivity contribution in [2.45, 2.75) is 13.0 Å². The van der Waals surface area contributed by atoms with E-state index in [1.54, 1.807) is 0 Å². The van der Waals surface area contributed by atoms with Crippen LogP contribution in [0.5, 0.6) is 0 Å². The number of nitrogens with one attached hydrogen (secondary N) is 1. The van der Waals surface area contributed by atoms with E-state index in [2.05, 4.69) is 5.32 Å². The van der Waals surface area contributed by atoms with Crippen molar-refractivity contribution in [3.05, 3.63) is 65.7 Å². The van der Waals surface area contributed by atoms with Crippen LogP contribution >= 0.6 is 0 Å². The van der Waals surface area contributed by atoms with Crippen molar-refractivity contribution in [1.82, 2.24) is 0 Å². The molecule has 0 aromatic heterocycles. The number of hydrogen-bond donors (Lipinski definition) is 3. The van der Waals surface area contributed by atoms with Crippen molar-refractivity contribution in [2.24, 2.45) is 5.73 Å². The summed E-state index contributed by atoms with van der Waals surface area (Å²) in [4.78, 5) is 20.4. The van der Waals surface area contributed by atoms with Gasteiger partial charge in [0.15, 0.2) is 0 Å². The van der Waals surface area contributed by atoms with Gasteiger partial charge in [0.05, 0.1) is 0 Å². The average molecular weight is 286 g/mol. The highest BCUT2D eigenvalue weighted by Crippen LogP contribution is 2.16. The molecule has 5 nitrogen and oxygen atoms in total. The van der Waals surface area contributed by atoms with Gasteiger partial charge in [0.2, 0.25) is 5.91 Å². The first-order valence-corrected chi connectivity index (χ1v) is 6.35. The lowest BCUT2D eigenvalue weighted by molar-refractivity contribution is -0.123. The number of nitrogens with two attached hydrogens (primary N) is 1. The van der Waals surface area contributed by atoms with E-state index in [1.807, 2.05) is 61.5 Å². The summed E-state index contributed by atoms with van der Waals surface area (Å²) < 4.78 is 0. The zero-order chi connectivity index (χ0) is 15.7. The maximum absolute atomic E-state index is 12.0. The Morgan fingerprint density at radius 2 is 1.67 bits per heavy atom. The fraction of sp³-hybridized carbons (Fsp3) is 0.125. The van der Waals surface area contributed by atoms with Crippen LogP contribution in [0.4, 0.5) is 5.69 Å². The Morgan fingerprint density at radius 3 is 2.24 bits per heavy atom. The molecule has 0 aliphatic rings. The van der Waals surface area contributed by atoms with Crippen molar-refractivity contribution in [1.29, 1.82) is 0 Å². The molecule has 0 spiro atoms. The number of anilines is 1. The van der Waals surface area contributed by atoms with Crippen molar-refractivity contribution in [3.63, 3.8) is 0 Å². The van der Waals surface area contributed by atoms with Crippen LogP contribution in [-0.2, 0) is 9.59 Å². The van der Waals surface area contributed by atoms with Crippen LogP contribution in [-0.4, -0.2) is 17.5 Å². The summed E-state index contributed by atoms with van der Waals surface area (Å²) in [5, 5.41) is 9.73. The smallest absolute Gasteiger partial charge is 0.290 e. The van der Waals surface area contributed by atoms with Gasteiger partial charge in [0.1, 0.15) is 6.04 Å². The summed E-state index contributed by atoms with van der Waals surface area (Å²) >= 11 is 0. The van der Waals surface area contributed by atoms with E-state index in [4.69, 9.17) is 15.6 Å². The Balaban J connectivity index is 0.000000677. The molecule has 5 heteroatoms. The number of benzene rings is 2. The van der Waals surface area contributed by atoms with E-state index in [-0.39, 0.29) is 12.4 Å². The number of carbonyl (C=O) groups excluding carboxylic acids is 1. The molecule has 0 aliphatic carbocycles. The number of para-hydroxylation sites is 1. The van der Waals surface area contributed by atoms with Gasteiger partial charge in [-0.05, 0) is 24.1 Å². The van der Waals surface area contributed by atoms with Gasteiger partial charge < -0.3 is 16.2 Å². The predicted molar refractivity (Wildman–Crippen MR) is 81.9 cm³/mol. The molecule has 2 aromatic carbocycles. The van der Waals surface area contributed by atoms with E-state index >= 15 is 0 Å². The van der Waals surface area contributed by atoms with Gasteiger partial charge in [-0.2, -0.15) is 0 Å². The van der Waals surface area contributed by atoms with Gasteiger partial charge in [0, 0.05) is 5.69 Å². The molecule has 0 unspecified atom stereocenters. The minimum atomic E-state index is -0.647. The fourth-order valence-electron chi connectivity index (χ4n) is 1.74. The second kappa shape index (κ2) is 8.50. The molecule has 0 aliphatic heterocycles. The minimum Gasteiger partial charge on any atom is -0.483 e. The molecule has 0 radical (unpaired) electrons. The Morgan fingerprint density at radius 1 is 1.14 bits per heavy atom. The van der Waals surface area contributed by atoms with Crippen LogP contribution < -0.4 is 11.1 Å². The summed E-state index contributed by atoms with van der Waals surface area (Å²) in [7, 11) is 0. The molecule has 4 N–H and O–H groups in total. The van der Waals surface area contributed by atoms with Crippen LogP contribution in [0.1, 0.15) is 17.2 Å². The zero-order valence-electron chi connectivity index (χ0n) is 11.7. The van der Waals surface area contributed by atoms with Gasteiger partial charge in [-0.1, -0.05) is 48.5 Å². The molecule has 0 heterocycles. The number of carbonyl (C=O) groups is 2. The molecule has 0 saturated carbocycles. The zero-order valence-corrected chi connectivity index (χ0v) is 11.7. The highest BCUT2D eigenvalue weighted by Gasteiger charge is 2.15. The molecular weight excluding hydrogens is 268 g/mol. The first kappa shape index (κ1) is 16.4. The van der Waals surface area contributed by atoms with E-state index in [0.29, 0.717) is 0 Å². The first-order valence-electron chi connectivity index (χ1n) is 6.35. The summed E-state index contributed by atoms with van der Waals surface area (Å²) in [6.45, 7) is 1.70. The van der Waals surface area contributed by atoms with Gasteiger partial charge in [-0.3, -0.25) is 9.59 Å². The van der Waals surface area contributed by atoms with E-state index in [1.165, 1.54) is 0 Å². The maximum Gasteiger partial charge on any atom is 0.290 e. The maximum atomic E-state index is 12.0. The van der Waals surface area contributed by atoms with Crippen molar-refractivity contribution < 1.29 is 14.7 Å². The highest BCUT2D eigenvalue weighted by molar-refractivity contribution is 5.95. The standard InChI is InChI=1S/C15H16N2O.CH2O2/c1-11-7-5-6-10-13(11)17-15(18)14(16)12-8-3-2-4-9-12;2-1-3/h2-10,14H,16H2,1H3,(H,17,18);1H,(H,2,3)/t14-;/m1./s1. The van der Waals surface area contributed by atoms with Crippen LogP contribution in [0.3, 0.4) is 0 Å². The number of amides is 1. The van der Waals surface area contributed by atoms with Crippen molar-refractivity contribution in [2.75, 3.05) is 5.32 Å². The van der Waals surface area contributed by atoms with Gasteiger partial charge in [-0.25, -0.2) is 0 Å². The number of hydrogen-bond acceptors (Lipinski definition) is 3. The van der Waals surface area contributed by atoms with E-state index in [0.717, 1.165) is 16.8 Å². The highest BCUT2D eigenvalue weighted by atomic mass is 16.3. The van der Waals surface area contributed by atoms with Crippen LogP contribution in [0.2, 0.25) is 0 Å². The predicted octanol–water partition coefficient (Wildman–Crippen LogP) is 2.33. The Labute approximate surface area is 123 Å². The summed E-state index contributed by atoms with van der Waals surface area (Å²) in [6.07, 6.45) is 0. The number of aryl methyl sites for hydroxylation is 1. The third-order valence-corrected chi connectivity index (χ3v) is 2.84. The number of rotatable bonds is 3. The molecule has 0 fully saturated rings. The second-order valence-corrected chi connectivity index (χ2v) is 4.30. The third-order valence-electron chi connectivity index (χ3n) is 2.84. The van der Waals surface area contributed by atoms with E-state index in [9.17, 15) is 4.79 Å². The lowest BCUT2D eigenvalue weighted by Crippen LogP contribution is -2.27. The molecule has 21 heavy (non-hydrogen) atoms. The van der Waals surface area contributed by atoms with Crippen molar-refractivity contribution in [3.8, 4) is 0 Å². The molecule has 0 bridgehead atoms. The molecule has 2 aromatic rings. The minimum absolute atomic E-state index is 0.199. The Hall–Kier alpha value is -2.66. The summed E-state index contributed by atoms with van der Waals surface area (Å²) in [5.41, 5.74) is 8.55. The normalized spacial score (nSPS) is 10.8. The Bertz CT molecular complexity index is 585.